The molecule has 0 unspecified atom stereocenters. The van der Waals surface area contributed by atoms with Crippen LogP contribution in [0.15, 0.2) is 18.3 Å². The second-order valence-corrected chi connectivity index (χ2v) is 5.51. The van der Waals surface area contributed by atoms with Gasteiger partial charge in [0.1, 0.15) is 5.82 Å². The summed E-state index contributed by atoms with van der Waals surface area (Å²) in [7, 11) is 0. The van der Waals surface area contributed by atoms with Crippen molar-refractivity contribution in [2.75, 3.05) is 0 Å². The van der Waals surface area contributed by atoms with E-state index >= 15 is 0 Å². The first-order chi connectivity index (χ1) is 11.1. The van der Waals surface area contributed by atoms with Crippen molar-refractivity contribution in [1.82, 2.24) is 14.5 Å². The predicted octanol–water partition coefficient (Wildman–Crippen LogP) is 4.06. The van der Waals surface area contributed by atoms with Crippen molar-refractivity contribution in [3.05, 3.63) is 51.3 Å². The molecule has 0 atom stereocenters. The van der Waals surface area contributed by atoms with Gasteiger partial charge in [0.25, 0.3) is 0 Å². The van der Waals surface area contributed by atoms with E-state index in [1.807, 2.05) is 0 Å². The van der Waals surface area contributed by atoms with Gasteiger partial charge in [0, 0.05) is 12.3 Å². The minimum Gasteiger partial charge on any atom is -0.478 e. The summed E-state index contributed by atoms with van der Waals surface area (Å²) in [5.41, 5.74) is -0.497. The normalized spacial score (nSPS) is 12.1. The van der Waals surface area contributed by atoms with Gasteiger partial charge in [0.15, 0.2) is 5.15 Å². The lowest BCUT2D eigenvalue weighted by molar-refractivity contribution is -0.138. The first-order valence-electron chi connectivity index (χ1n) is 6.45. The minimum absolute atomic E-state index is 0.0121. The second kappa shape index (κ2) is 6.82. The van der Waals surface area contributed by atoms with Crippen molar-refractivity contribution in [2.24, 2.45) is 0 Å². The van der Waals surface area contributed by atoms with Crippen LogP contribution in [0.1, 0.15) is 22.8 Å². The van der Waals surface area contributed by atoms with E-state index in [4.69, 9.17) is 28.3 Å². The number of aryl methyl sites for hydroxylation is 1. The van der Waals surface area contributed by atoms with Crippen LogP contribution in [0, 0.1) is 6.92 Å². The van der Waals surface area contributed by atoms with E-state index in [0.29, 0.717) is 12.0 Å². The lowest BCUT2D eigenvalue weighted by Gasteiger charge is -2.11. The molecule has 0 bridgehead atoms. The van der Waals surface area contributed by atoms with Gasteiger partial charge in [-0.25, -0.2) is 9.78 Å². The lowest BCUT2D eigenvalue weighted by atomic mass is 10.2. The zero-order chi connectivity index (χ0) is 18.1. The number of hydrogen-bond acceptors (Lipinski definition) is 3. The Hall–Kier alpha value is -2.06. The minimum atomic E-state index is -4.54. The van der Waals surface area contributed by atoms with Crippen molar-refractivity contribution in [2.45, 2.75) is 19.6 Å². The molecule has 0 amide bonds. The molecule has 0 aliphatic carbocycles. The number of aliphatic carboxylic acids is 1. The number of rotatable bonds is 4. The molecule has 2 rings (SSSR count). The quantitative estimate of drug-likeness (QED) is 0.813. The molecular weight excluding hydrogens is 370 g/mol. The number of carboxylic acid groups (broad SMARTS) is 1. The van der Waals surface area contributed by atoms with Crippen LogP contribution >= 0.6 is 23.2 Å². The molecule has 0 saturated carbocycles. The van der Waals surface area contributed by atoms with Crippen molar-refractivity contribution in [1.29, 1.82) is 0 Å². The number of carboxylic acids is 1. The van der Waals surface area contributed by atoms with Gasteiger partial charge in [0.2, 0.25) is 0 Å². The van der Waals surface area contributed by atoms with E-state index in [-0.39, 0.29) is 28.1 Å². The largest absolute Gasteiger partial charge is 0.478 e. The van der Waals surface area contributed by atoms with E-state index in [2.05, 4.69) is 9.97 Å². The Morgan fingerprint density at radius 2 is 2.08 bits per heavy atom. The first-order valence-corrected chi connectivity index (χ1v) is 7.20. The average Bonchev–Trinajstić information content (AvgIpc) is 2.71. The standard InChI is InChI=1S/C14H10Cl2F3N3O2/c1-7-21-13(16)11(2-3-12(23)24)22(7)6-10-9(15)4-8(5-20-10)14(17,18)19/h2-5H,6H2,1H3,(H,23,24)/b3-2+. The van der Waals surface area contributed by atoms with Crippen LogP contribution in [0.5, 0.6) is 0 Å². The van der Waals surface area contributed by atoms with Gasteiger partial charge >= 0.3 is 12.1 Å². The molecule has 0 aliphatic heterocycles. The molecule has 2 aromatic heterocycles. The Kier molecular flexibility index (Phi) is 5.19. The average molecular weight is 380 g/mol. The molecule has 0 fully saturated rings. The molecule has 1 N–H and O–H groups in total. The monoisotopic (exact) mass is 379 g/mol. The summed E-state index contributed by atoms with van der Waals surface area (Å²) in [5.74, 6) is -0.745. The Bertz CT molecular complexity index is 816. The van der Waals surface area contributed by atoms with Crippen LogP contribution in [0.25, 0.3) is 6.08 Å². The van der Waals surface area contributed by atoms with Gasteiger partial charge in [-0.3, -0.25) is 4.98 Å². The number of alkyl halides is 3. The molecule has 10 heteroatoms. The summed E-state index contributed by atoms with van der Waals surface area (Å²) in [6, 6.07) is 0.782. The molecule has 5 nitrogen and oxygen atoms in total. The summed E-state index contributed by atoms with van der Waals surface area (Å²) in [6.07, 6.45) is -1.75. The van der Waals surface area contributed by atoms with E-state index in [1.165, 1.54) is 10.6 Å². The van der Waals surface area contributed by atoms with Crippen LogP contribution in [0.3, 0.4) is 0 Å². The Labute approximate surface area is 144 Å². The third-order valence-electron chi connectivity index (χ3n) is 3.09. The SMILES string of the molecule is Cc1nc(Cl)c(/C=C/C(=O)O)n1Cc1ncc(C(F)(F)F)cc1Cl. The van der Waals surface area contributed by atoms with E-state index in [1.54, 1.807) is 6.92 Å². The van der Waals surface area contributed by atoms with Crippen molar-refractivity contribution >= 4 is 35.2 Å². The maximum atomic E-state index is 12.6. The zero-order valence-corrected chi connectivity index (χ0v) is 13.6. The number of imidazole rings is 1. The number of hydrogen-bond donors (Lipinski definition) is 1. The molecule has 0 aliphatic rings. The van der Waals surface area contributed by atoms with Gasteiger partial charge in [0.05, 0.1) is 28.5 Å². The highest BCUT2D eigenvalue weighted by molar-refractivity contribution is 6.31. The van der Waals surface area contributed by atoms with Crippen molar-refractivity contribution < 1.29 is 23.1 Å². The summed E-state index contributed by atoms with van der Waals surface area (Å²) >= 11 is 11.8. The topological polar surface area (TPSA) is 68.0 Å². The van der Waals surface area contributed by atoms with E-state index in [9.17, 15) is 18.0 Å². The van der Waals surface area contributed by atoms with Gasteiger partial charge < -0.3 is 9.67 Å². The molecule has 128 valence electrons. The fourth-order valence-corrected chi connectivity index (χ4v) is 2.45. The fourth-order valence-electron chi connectivity index (χ4n) is 1.94. The third-order valence-corrected chi connectivity index (χ3v) is 3.69. The molecule has 2 aromatic rings. The van der Waals surface area contributed by atoms with Crippen LogP contribution in [-0.2, 0) is 17.5 Å². The summed E-state index contributed by atoms with van der Waals surface area (Å²) in [5, 5.41) is 8.60. The molecule has 2 heterocycles. The molecule has 0 spiro atoms. The fraction of sp³-hybridized carbons (Fsp3) is 0.214. The van der Waals surface area contributed by atoms with Gasteiger partial charge in [-0.15, -0.1) is 0 Å². The Morgan fingerprint density at radius 3 is 2.62 bits per heavy atom. The second-order valence-electron chi connectivity index (χ2n) is 4.74. The number of halogens is 5. The van der Waals surface area contributed by atoms with Crippen LogP contribution in [0.2, 0.25) is 10.2 Å². The summed E-state index contributed by atoms with van der Waals surface area (Å²) in [4.78, 5) is 18.4. The number of aromatic nitrogens is 3. The number of carbonyl (C=O) groups is 1. The van der Waals surface area contributed by atoms with Crippen LogP contribution < -0.4 is 0 Å². The highest BCUT2D eigenvalue weighted by Gasteiger charge is 2.31. The van der Waals surface area contributed by atoms with E-state index < -0.39 is 17.7 Å². The summed E-state index contributed by atoms with van der Waals surface area (Å²) in [6.45, 7) is 1.60. The molecular formula is C14H10Cl2F3N3O2. The first kappa shape index (κ1) is 18.3. The highest BCUT2D eigenvalue weighted by atomic mass is 35.5. The predicted molar refractivity (Wildman–Crippen MR) is 82.0 cm³/mol. The third kappa shape index (κ3) is 4.07. The lowest BCUT2D eigenvalue weighted by Crippen LogP contribution is -2.10. The van der Waals surface area contributed by atoms with Crippen LogP contribution in [-0.4, -0.2) is 25.6 Å². The molecule has 0 radical (unpaired) electrons. The van der Waals surface area contributed by atoms with Crippen molar-refractivity contribution in [3.63, 3.8) is 0 Å². The number of nitrogens with zero attached hydrogens (tertiary/aromatic N) is 3. The molecule has 0 saturated heterocycles. The van der Waals surface area contributed by atoms with Crippen LogP contribution in [0.4, 0.5) is 13.2 Å². The smallest absolute Gasteiger partial charge is 0.417 e. The van der Waals surface area contributed by atoms with Gasteiger partial charge in [-0.1, -0.05) is 23.2 Å². The Morgan fingerprint density at radius 1 is 1.42 bits per heavy atom. The molecule has 0 aromatic carbocycles. The maximum absolute atomic E-state index is 12.6. The highest BCUT2D eigenvalue weighted by Crippen LogP contribution is 2.31. The number of pyridine rings is 1. The maximum Gasteiger partial charge on any atom is 0.417 e. The molecule has 24 heavy (non-hydrogen) atoms. The van der Waals surface area contributed by atoms with Crippen molar-refractivity contribution in [3.8, 4) is 0 Å². The van der Waals surface area contributed by atoms with Gasteiger partial charge in [-0.05, 0) is 19.1 Å². The Balaban J connectivity index is 2.40. The zero-order valence-electron chi connectivity index (χ0n) is 12.1. The summed E-state index contributed by atoms with van der Waals surface area (Å²) < 4.78 is 39.4. The van der Waals surface area contributed by atoms with Gasteiger partial charge in [-0.2, -0.15) is 13.2 Å². The van der Waals surface area contributed by atoms with E-state index in [0.717, 1.165) is 12.1 Å².